The molecule has 0 radical (unpaired) electrons. The van der Waals surface area contributed by atoms with Crippen molar-refractivity contribution in [2.75, 3.05) is 13.6 Å². The molecule has 0 aliphatic carbocycles. The van der Waals surface area contributed by atoms with E-state index in [9.17, 15) is 19.5 Å². The summed E-state index contributed by atoms with van der Waals surface area (Å²) >= 11 is 0. The van der Waals surface area contributed by atoms with E-state index in [1.807, 2.05) is 24.3 Å². The standard InChI is InChI=1S/C20H28N2O4/c1-12(2)18(24)16(23)11-13(3)19(25)21-17-15-8-6-5-7-14(15)9-10-22(4)20(17)26/h5-8,12-13,17-18,24H,9-11H2,1-4H3,(H,21,25)/t13-,17?,18+/m1/s1. The van der Waals surface area contributed by atoms with E-state index in [0.29, 0.717) is 6.54 Å². The van der Waals surface area contributed by atoms with E-state index in [1.165, 1.54) is 0 Å². The molecule has 2 N–H and O–H groups in total. The summed E-state index contributed by atoms with van der Waals surface area (Å²) in [4.78, 5) is 39.0. The van der Waals surface area contributed by atoms with Gasteiger partial charge in [0.25, 0.3) is 0 Å². The second-order valence-electron chi connectivity index (χ2n) is 7.41. The monoisotopic (exact) mass is 360 g/mol. The molecule has 0 fully saturated rings. The molecule has 0 aromatic heterocycles. The number of carbonyl (C=O) groups excluding carboxylic acids is 3. The average molecular weight is 360 g/mol. The van der Waals surface area contributed by atoms with Crippen molar-refractivity contribution in [3.05, 3.63) is 35.4 Å². The van der Waals surface area contributed by atoms with E-state index < -0.39 is 18.1 Å². The minimum absolute atomic E-state index is 0.0520. The van der Waals surface area contributed by atoms with Gasteiger partial charge in [0.05, 0.1) is 0 Å². The van der Waals surface area contributed by atoms with E-state index >= 15 is 0 Å². The molecule has 0 spiro atoms. The lowest BCUT2D eigenvalue weighted by Crippen LogP contribution is -2.43. The zero-order chi connectivity index (χ0) is 19.4. The highest BCUT2D eigenvalue weighted by molar-refractivity contribution is 5.92. The number of fused-ring (bicyclic) bond motifs is 1. The minimum Gasteiger partial charge on any atom is -0.385 e. The fourth-order valence-electron chi connectivity index (χ4n) is 3.11. The number of nitrogens with zero attached hydrogens (tertiary/aromatic N) is 1. The number of likely N-dealkylation sites (N-methyl/N-ethyl adjacent to an activating group) is 1. The molecule has 3 atom stereocenters. The molecule has 0 bridgehead atoms. The molecule has 26 heavy (non-hydrogen) atoms. The first-order valence-corrected chi connectivity index (χ1v) is 9.06. The Morgan fingerprint density at radius 2 is 1.92 bits per heavy atom. The van der Waals surface area contributed by atoms with E-state index in [1.54, 1.807) is 32.7 Å². The molecule has 1 unspecified atom stereocenters. The molecule has 1 aromatic rings. The molecular weight excluding hydrogens is 332 g/mol. The Morgan fingerprint density at radius 1 is 1.27 bits per heavy atom. The van der Waals surface area contributed by atoms with Gasteiger partial charge in [-0.05, 0) is 23.5 Å². The second-order valence-corrected chi connectivity index (χ2v) is 7.41. The van der Waals surface area contributed by atoms with Gasteiger partial charge in [0.2, 0.25) is 11.8 Å². The van der Waals surface area contributed by atoms with Crippen LogP contribution in [0.15, 0.2) is 24.3 Å². The summed E-state index contributed by atoms with van der Waals surface area (Å²) in [5.74, 6) is -1.69. The summed E-state index contributed by atoms with van der Waals surface area (Å²) in [6.45, 7) is 5.74. The van der Waals surface area contributed by atoms with Gasteiger partial charge < -0.3 is 15.3 Å². The molecule has 1 aromatic carbocycles. The lowest BCUT2D eigenvalue weighted by Gasteiger charge is -2.24. The number of amides is 2. The first kappa shape index (κ1) is 20.1. The van der Waals surface area contributed by atoms with Gasteiger partial charge >= 0.3 is 0 Å². The predicted molar refractivity (Wildman–Crippen MR) is 98.3 cm³/mol. The van der Waals surface area contributed by atoms with Crippen LogP contribution in [0.4, 0.5) is 0 Å². The second kappa shape index (κ2) is 8.45. The first-order chi connectivity index (χ1) is 12.2. The van der Waals surface area contributed by atoms with Crippen molar-refractivity contribution >= 4 is 17.6 Å². The number of hydrogen-bond donors (Lipinski definition) is 2. The fourth-order valence-corrected chi connectivity index (χ4v) is 3.11. The smallest absolute Gasteiger partial charge is 0.249 e. The Bertz CT molecular complexity index is 686. The van der Waals surface area contributed by atoms with Crippen LogP contribution in [0.2, 0.25) is 0 Å². The van der Waals surface area contributed by atoms with Crippen molar-refractivity contribution in [3.63, 3.8) is 0 Å². The topological polar surface area (TPSA) is 86.7 Å². The maximum Gasteiger partial charge on any atom is 0.249 e. The van der Waals surface area contributed by atoms with E-state index in [-0.39, 0.29) is 29.9 Å². The van der Waals surface area contributed by atoms with Crippen molar-refractivity contribution < 1.29 is 19.5 Å². The van der Waals surface area contributed by atoms with Crippen LogP contribution in [0.25, 0.3) is 0 Å². The van der Waals surface area contributed by atoms with E-state index in [0.717, 1.165) is 17.5 Å². The Hall–Kier alpha value is -2.21. The maximum absolute atomic E-state index is 12.7. The summed E-state index contributed by atoms with van der Waals surface area (Å²) in [7, 11) is 1.72. The maximum atomic E-state index is 12.7. The highest BCUT2D eigenvalue weighted by Crippen LogP contribution is 2.25. The Morgan fingerprint density at radius 3 is 2.58 bits per heavy atom. The molecular formula is C20H28N2O4. The summed E-state index contributed by atoms with van der Waals surface area (Å²) in [6.07, 6.45) is -0.389. The zero-order valence-corrected chi connectivity index (χ0v) is 15.9. The van der Waals surface area contributed by atoms with Gasteiger partial charge in [-0.3, -0.25) is 14.4 Å². The largest absolute Gasteiger partial charge is 0.385 e. The first-order valence-electron chi connectivity index (χ1n) is 9.06. The fraction of sp³-hybridized carbons (Fsp3) is 0.550. The molecule has 2 amide bonds. The average Bonchev–Trinajstić information content (AvgIpc) is 2.73. The Kier molecular flexibility index (Phi) is 6.53. The number of aliphatic hydroxyl groups is 1. The Labute approximate surface area is 154 Å². The summed E-state index contributed by atoms with van der Waals surface area (Å²) in [5.41, 5.74) is 1.84. The third-order valence-electron chi connectivity index (χ3n) is 4.91. The third-order valence-corrected chi connectivity index (χ3v) is 4.91. The summed E-state index contributed by atoms with van der Waals surface area (Å²) in [6, 6.07) is 6.84. The highest BCUT2D eigenvalue weighted by Gasteiger charge is 2.32. The van der Waals surface area contributed by atoms with Gasteiger partial charge in [-0.2, -0.15) is 0 Å². The Balaban J connectivity index is 2.13. The van der Waals surface area contributed by atoms with Crippen molar-refractivity contribution in [2.45, 2.75) is 45.8 Å². The molecule has 2 rings (SSSR count). The van der Waals surface area contributed by atoms with Crippen molar-refractivity contribution in [2.24, 2.45) is 11.8 Å². The molecule has 6 nitrogen and oxygen atoms in total. The minimum atomic E-state index is -1.07. The van der Waals surface area contributed by atoms with Crippen LogP contribution in [-0.2, 0) is 20.8 Å². The molecule has 1 aliphatic rings. The number of aliphatic hydroxyl groups excluding tert-OH is 1. The molecule has 0 saturated heterocycles. The number of ketones is 1. The SMILES string of the molecule is CC(C)[C@H](O)C(=O)C[C@@H](C)C(=O)NC1C(=O)N(C)CCc2ccccc21. The van der Waals surface area contributed by atoms with Gasteiger partial charge in [-0.15, -0.1) is 0 Å². The number of rotatable bonds is 6. The number of hydrogen-bond acceptors (Lipinski definition) is 4. The molecule has 142 valence electrons. The molecule has 1 heterocycles. The van der Waals surface area contributed by atoms with Crippen LogP contribution in [-0.4, -0.2) is 47.3 Å². The van der Waals surface area contributed by atoms with Gasteiger partial charge in [-0.1, -0.05) is 45.0 Å². The van der Waals surface area contributed by atoms with E-state index in [2.05, 4.69) is 5.32 Å². The number of Topliss-reactive ketones (excluding diaryl/α,β-unsaturated/α-hetero) is 1. The van der Waals surface area contributed by atoms with Gasteiger partial charge in [0.1, 0.15) is 12.1 Å². The number of nitrogens with one attached hydrogen (secondary N) is 1. The van der Waals surface area contributed by atoms with Gasteiger partial charge in [-0.25, -0.2) is 0 Å². The lowest BCUT2D eigenvalue weighted by atomic mass is 9.94. The zero-order valence-electron chi connectivity index (χ0n) is 15.9. The van der Waals surface area contributed by atoms with Crippen molar-refractivity contribution in [3.8, 4) is 0 Å². The van der Waals surface area contributed by atoms with Crippen molar-refractivity contribution in [1.29, 1.82) is 0 Å². The van der Waals surface area contributed by atoms with Crippen molar-refractivity contribution in [1.82, 2.24) is 10.2 Å². The summed E-state index contributed by atoms with van der Waals surface area (Å²) < 4.78 is 0. The lowest BCUT2D eigenvalue weighted by molar-refractivity contribution is -0.137. The summed E-state index contributed by atoms with van der Waals surface area (Å²) in [5, 5.41) is 12.7. The van der Waals surface area contributed by atoms with Crippen LogP contribution in [0.3, 0.4) is 0 Å². The predicted octanol–water partition coefficient (Wildman–Crippen LogP) is 1.47. The molecule has 6 heteroatoms. The van der Waals surface area contributed by atoms with Crippen LogP contribution in [0, 0.1) is 11.8 Å². The number of carbonyl (C=O) groups is 3. The molecule has 0 saturated carbocycles. The van der Waals surface area contributed by atoms with Crippen LogP contribution in [0.5, 0.6) is 0 Å². The molecule has 1 aliphatic heterocycles. The quantitative estimate of drug-likeness (QED) is 0.804. The van der Waals surface area contributed by atoms with Gasteiger partial charge in [0.15, 0.2) is 5.78 Å². The number of benzene rings is 1. The van der Waals surface area contributed by atoms with Gasteiger partial charge in [0, 0.05) is 25.9 Å². The highest BCUT2D eigenvalue weighted by atomic mass is 16.3. The van der Waals surface area contributed by atoms with Crippen LogP contribution < -0.4 is 5.32 Å². The van der Waals surface area contributed by atoms with Crippen LogP contribution >= 0.6 is 0 Å². The normalized spacial score (nSPS) is 19.5. The van der Waals surface area contributed by atoms with Crippen LogP contribution in [0.1, 0.15) is 44.4 Å². The van der Waals surface area contributed by atoms with E-state index in [4.69, 9.17) is 0 Å². The third kappa shape index (κ3) is 4.49.